The third-order valence-corrected chi connectivity index (χ3v) is 2.93. The molecule has 0 radical (unpaired) electrons. The predicted molar refractivity (Wildman–Crippen MR) is 56.8 cm³/mol. The molecule has 1 amide bonds. The number of rotatable bonds is 4. The monoisotopic (exact) mass is 202 g/mol. The molecule has 0 saturated carbocycles. The molecule has 0 bridgehead atoms. The van der Waals surface area contributed by atoms with Crippen LogP contribution in [-0.2, 0) is 4.79 Å². The lowest BCUT2D eigenvalue weighted by Gasteiger charge is -2.39. The van der Waals surface area contributed by atoms with Crippen molar-refractivity contribution < 1.29 is 9.90 Å². The standard InChI is InChI=1S/C10H22N2O2/c1-9(2,10(3,4)11)8(14)12(5)6-7-13/h13H,6-7,11H2,1-5H3. The Kier molecular flexibility index (Phi) is 4.09. The van der Waals surface area contributed by atoms with Gasteiger partial charge in [0.1, 0.15) is 0 Å². The normalized spacial score (nSPS) is 12.8. The van der Waals surface area contributed by atoms with Crippen LogP contribution >= 0.6 is 0 Å². The van der Waals surface area contributed by atoms with Crippen molar-refractivity contribution in [2.45, 2.75) is 33.2 Å². The van der Waals surface area contributed by atoms with Crippen LogP contribution in [0, 0.1) is 5.41 Å². The molecule has 4 heteroatoms. The summed E-state index contributed by atoms with van der Waals surface area (Å²) in [6.45, 7) is 7.63. The number of amides is 1. The Labute approximate surface area is 86.1 Å². The average molecular weight is 202 g/mol. The molecule has 0 aromatic carbocycles. The van der Waals surface area contributed by atoms with Gasteiger partial charge in [0.2, 0.25) is 5.91 Å². The molecule has 0 aromatic rings. The summed E-state index contributed by atoms with van der Waals surface area (Å²) in [5.74, 6) is -0.0425. The summed E-state index contributed by atoms with van der Waals surface area (Å²) in [5.41, 5.74) is 4.73. The van der Waals surface area contributed by atoms with Crippen molar-refractivity contribution in [3.63, 3.8) is 0 Å². The van der Waals surface area contributed by atoms with E-state index in [1.165, 1.54) is 4.90 Å². The largest absolute Gasteiger partial charge is 0.395 e. The number of hydrogen-bond donors (Lipinski definition) is 2. The number of nitrogens with two attached hydrogens (primary N) is 1. The molecule has 0 fully saturated rings. The lowest BCUT2D eigenvalue weighted by molar-refractivity contribution is -0.142. The van der Waals surface area contributed by atoms with Gasteiger partial charge in [0, 0.05) is 19.1 Å². The van der Waals surface area contributed by atoms with Crippen LogP contribution in [0.5, 0.6) is 0 Å². The second-order valence-corrected chi connectivity index (χ2v) is 4.80. The molecule has 84 valence electrons. The van der Waals surface area contributed by atoms with E-state index in [0.29, 0.717) is 6.54 Å². The Bertz CT molecular complexity index is 207. The van der Waals surface area contributed by atoms with Crippen LogP contribution in [0.2, 0.25) is 0 Å². The summed E-state index contributed by atoms with van der Waals surface area (Å²) in [4.78, 5) is 13.4. The van der Waals surface area contributed by atoms with Crippen LogP contribution in [0.1, 0.15) is 27.7 Å². The molecule has 3 N–H and O–H groups in total. The van der Waals surface area contributed by atoms with Crippen LogP contribution in [-0.4, -0.2) is 41.7 Å². The van der Waals surface area contributed by atoms with E-state index in [9.17, 15) is 4.79 Å². The molecular weight excluding hydrogens is 180 g/mol. The summed E-state index contributed by atoms with van der Waals surface area (Å²) in [6, 6.07) is 0. The molecule has 4 nitrogen and oxygen atoms in total. The van der Waals surface area contributed by atoms with Crippen molar-refractivity contribution in [1.82, 2.24) is 4.90 Å². The molecule has 0 saturated heterocycles. The van der Waals surface area contributed by atoms with Gasteiger partial charge in [-0.05, 0) is 27.7 Å². The van der Waals surface area contributed by atoms with E-state index in [0.717, 1.165) is 0 Å². The predicted octanol–water partition coefficient (Wildman–Crippen LogP) is 0.201. The topological polar surface area (TPSA) is 66.6 Å². The minimum Gasteiger partial charge on any atom is -0.395 e. The highest BCUT2D eigenvalue weighted by Gasteiger charge is 2.41. The fourth-order valence-electron chi connectivity index (χ4n) is 1.00. The molecular formula is C10H22N2O2. The summed E-state index contributed by atoms with van der Waals surface area (Å²) in [6.07, 6.45) is 0. The summed E-state index contributed by atoms with van der Waals surface area (Å²) in [7, 11) is 1.67. The minimum absolute atomic E-state index is 0.0245. The molecule has 0 spiro atoms. The van der Waals surface area contributed by atoms with Crippen molar-refractivity contribution in [2.75, 3.05) is 20.2 Å². The highest BCUT2D eigenvalue weighted by atomic mass is 16.3. The van der Waals surface area contributed by atoms with Crippen LogP contribution in [0.4, 0.5) is 0 Å². The van der Waals surface area contributed by atoms with Gasteiger partial charge in [-0.25, -0.2) is 0 Å². The smallest absolute Gasteiger partial charge is 0.229 e. The lowest BCUT2D eigenvalue weighted by Crippen LogP contribution is -2.56. The molecule has 14 heavy (non-hydrogen) atoms. The SMILES string of the molecule is CN(CCO)C(=O)C(C)(C)C(C)(C)N. The van der Waals surface area contributed by atoms with Crippen molar-refractivity contribution in [2.24, 2.45) is 11.1 Å². The second-order valence-electron chi connectivity index (χ2n) is 4.80. The number of hydrogen-bond acceptors (Lipinski definition) is 3. The summed E-state index contributed by atoms with van der Waals surface area (Å²) in [5, 5.41) is 8.73. The zero-order chi connectivity index (χ0) is 11.6. The number of nitrogens with zero attached hydrogens (tertiary/aromatic N) is 1. The highest BCUT2D eigenvalue weighted by Crippen LogP contribution is 2.29. The maximum Gasteiger partial charge on any atom is 0.229 e. The molecule has 0 aliphatic heterocycles. The molecule has 0 unspecified atom stereocenters. The van der Waals surface area contributed by atoms with Gasteiger partial charge in [0.05, 0.1) is 12.0 Å². The zero-order valence-electron chi connectivity index (χ0n) is 9.79. The van der Waals surface area contributed by atoms with Gasteiger partial charge in [-0.1, -0.05) is 0 Å². The third-order valence-electron chi connectivity index (χ3n) is 2.93. The molecule has 0 heterocycles. The Morgan fingerprint density at radius 2 is 1.79 bits per heavy atom. The van der Waals surface area contributed by atoms with E-state index in [1.54, 1.807) is 7.05 Å². The van der Waals surface area contributed by atoms with Crippen LogP contribution in [0.15, 0.2) is 0 Å². The van der Waals surface area contributed by atoms with Gasteiger partial charge >= 0.3 is 0 Å². The minimum atomic E-state index is -0.628. The number of aliphatic hydroxyl groups excluding tert-OH is 1. The Balaban J connectivity index is 4.67. The lowest BCUT2D eigenvalue weighted by atomic mass is 9.74. The summed E-state index contributed by atoms with van der Waals surface area (Å²) < 4.78 is 0. The quantitative estimate of drug-likeness (QED) is 0.684. The number of aliphatic hydroxyl groups is 1. The van der Waals surface area contributed by atoms with E-state index in [-0.39, 0.29) is 12.5 Å². The first kappa shape index (κ1) is 13.4. The van der Waals surface area contributed by atoms with Crippen molar-refractivity contribution in [1.29, 1.82) is 0 Å². The van der Waals surface area contributed by atoms with E-state index >= 15 is 0 Å². The molecule has 0 rings (SSSR count). The van der Waals surface area contributed by atoms with Gasteiger partial charge in [-0.15, -0.1) is 0 Å². The molecule has 0 atom stereocenters. The molecule has 0 aliphatic carbocycles. The van der Waals surface area contributed by atoms with Gasteiger partial charge < -0.3 is 15.7 Å². The fourth-order valence-corrected chi connectivity index (χ4v) is 1.00. The van der Waals surface area contributed by atoms with E-state index in [1.807, 2.05) is 27.7 Å². The van der Waals surface area contributed by atoms with Crippen LogP contribution in [0.3, 0.4) is 0 Å². The number of carbonyl (C=O) groups is 1. The molecule has 0 aromatic heterocycles. The van der Waals surface area contributed by atoms with Gasteiger partial charge in [-0.2, -0.15) is 0 Å². The van der Waals surface area contributed by atoms with Gasteiger partial charge in [0.25, 0.3) is 0 Å². The van der Waals surface area contributed by atoms with Crippen molar-refractivity contribution >= 4 is 5.91 Å². The first-order valence-corrected chi connectivity index (χ1v) is 4.80. The van der Waals surface area contributed by atoms with Crippen LogP contribution in [0.25, 0.3) is 0 Å². The fraction of sp³-hybridized carbons (Fsp3) is 0.900. The summed E-state index contributed by atoms with van der Waals surface area (Å²) >= 11 is 0. The Morgan fingerprint density at radius 3 is 2.07 bits per heavy atom. The van der Waals surface area contributed by atoms with Gasteiger partial charge in [0.15, 0.2) is 0 Å². The van der Waals surface area contributed by atoms with Gasteiger partial charge in [-0.3, -0.25) is 4.79 Å². The van der Waals surface area contributed by atoms with Crippen LogP contribution < -0.4 is 5.73 Å². The first-order chi connectivity index (χ1) is 6.14. The third kappa shape index (κ3) is 2.69. The van der Waals surface area contributed by atoms with E-state index in [4.69, 9.17) is 10.8 Å². The number of carbonyl (C=O) groups excluding carboxylic acids is 1. The zero-order valence-corrected chi connectivity index (χ0v) is 9.79. The van der Waals surface area contributed by atoms with E-state index in [2.05, 4.69) is 0 Å². The van der Waals surface area contributed by atoms with Crippen molar-refractivity contribution in [3.05, 3.63) is 0 Å². The maximum absolute atomic E-state index is 11.9. The Morgan fingerprint density at radius 1 is 1.36 bits per heavy atom. The average Bonchev–Trinajstić information content (AvgIpc) is 2.01. The molecule has 0 aliphatic rings. The highest BCUT2D eigenvalue weighted by molar-refractivity contribution is 5.83. The second kappa shape index (κ2) is 4.28. The maximum atomic E-state index is 11.9. The number of likely N-dealkylation sites (N-methyl/N-ethyl adjacent to an activating group) is 1. The van der Waals surface area contributed by atoms with Crippen molar-refractivity contribution in [3.8, 4) is 0 Å². The Hall–Kier alpha value is -0.610. The van der Waals surface area contributed by atoms with E-state index < -0.39 is 11.0 Å². The first-order valence-electron chi connectivity index (χ1n) is 4.80.